The second-order valence-corrected chi connectivity index (χ2v) is 4.55. The third-order valence-electron chi connectivity index (χ3n) is 3.00. The van der Waals surface area contributed by atoms with Gasteiger partial charge in [0.15, 0.2) is 11.6 Å². The molecular formula is C16H17F2NO. The molecule has 0 fully saturated rings. The average molecular weight is 277 g/mol. The standard InChI is InChI=1S/C16H17F2NO/c1-3-19-10-12-4-6-14(8-11(12)2)20-16-7-5-13(17)9-15(16)18/h4-9,19H,3,10H2,1-2H3. The number of hydrogen-bond donors (Lipinski definition) is 1. The van der Waals surface area contributed by atoms with Crippen LogP contribution >= 0.6 is 0 Å². The molecule has 4 heteroatoms. The molecule has 0 saturated heterocycles. The van der Waals surface area contributed by atoms with Gasteiger partial charge in [0.25, 0.3) is 0 Å². The molecule has 0 heterocycles. The van der Waals surface area contributed by atoms with E-state index in [4.69, 9.17) is 4.74 Å². The number of aryl methyl sites for hydroxylation is 1. The van der Waals surface area contributed by atoms with Crippen LogP contribution in [0.3, 0.4) is 0 Å². The van der Waals surface area contributed by atoms with Gasteiger partial charge in [-0.15, -0.1) is 0 Å². The van der Waals surface area contributed by atoms with Crippen molar-refractivity contribution in [2.24, 2.45) is 0 Å². The second kappa shape index (κ2) is 6.48. The minimum atomic E-state index is -0.709. The van der Waals surface area contributed by atoms with Crippen molar-refractivity contribution in [2.45, 2.75) is 20.4 Å². The maximum absolute atomic E-state index is 13.5. The topological polar surface area (TPSA) is 21.3 Å². The summed E-state index contributed by atoms with van der Waals surface area (Å²) >= 11 is 0. The Hall–Kier alpha value is -1.94. The number of ether oxygens (including phenoxy) is 1. The Labute approximate surface area is 117 Å². The van der Waals surface area contributed by atoms with Crippen LogP contribution < -0.4 is 10.1 Å². The van der Waals surface area contributed by atoms with Crippen LogP contribution in [-0.2, 0) is 6.54 Å². The summed E-state index contributed by atoms with van der Waals surface area (Å²) < 4.78 is 31.8. The van der Waals surface area contributed by atoms with Crippen molar-refractivity contribution in [3.63, 3.8) is 0 Å². The highest BCUT2D eigenvalue weighted by Gasteiger charge is 2.07. The lowest BCUT2D eigenvalue weighted by Gasteiger charge is -2.11. The van der Waals surface area contributed by atoms with Crippen LogP contribution in [-0.4, -0.2) is 6.54 Å². The van der Waals surface area contributed by atoms with E-state index >= 15 is 0 Å². The molecule has 20 heavy (non-hydrogen) atoms. The summed E-state index contributed by atoms with van der Waals surface area (Å²) in [5.74, 6) is -0.773. The average Bonchev–Trinajstić information content (AvgIpc) is 2.41. The van der Waals surface area contributed by atoms with E-state index in [2.05, 4.69) is 5.32 Å². The monoisotopic (exact) mass is 277 g/mol. The Bertz CT molecular complexity index is 599. The first kappa shape index (κ1) is 14.5. The van der Waals surface area contributed by atoms with Gasteiger partial charge in [-0.2, -0.15) is 0 Å². The summed E-state index contributed by atoms with van der Waals surface area (Å²) in [6, 6.07) is 8.83. The molecule has 0 aromatic heterocycles. The number of hydrogen-bond acceptors (Lipinski definition) is 2. The molecule has 0 spiro atoms. The molecule has 0 aliphatic heterocycles. The van der Waals surface area contributed by atoms with Gasteiger partial charge in [0.1, 0.15) is 11.6 Å². The normalized spacial score (nSPS) is 10.6. The van der Waals surface area contributed by atoms with E-state index < -0.39 is 11.6 Å². The molecule has 1 N–H and O–H groups in total. The summed E-state index contributed by atoms with van der Waals surface area (Å²) in [7, 11) is 0. The van der Waals surface area contributed by atoms with Gasteiger partial charge in [0.2, 0.25) is 0 Å². The fourth-order valence-electron chi connectivity index (χ4n) is 1.87. The van der Waals surface area contributed by atoms with E-state index in [1.165, 1.54) is 17.7 Å². The Morgan fingerprint density at radius 3 is 2.55 bits per heavy atom. The van der Waals surface area contributed by atoms with Crippen molar-refractivity contribution >= 4 is 0 Å². The lowest BCUT2D eigenvalue weighted by Crippen LogP contribution is -2.12. The summed E-state index contributed by atoms with van der Waals surface area (Å²) in [6.07, 6.45) is 0. The number of nitrogens with one attached hydrogen (secondary N) is 1. The molecule has 0 aliphatic rings. The van der Waals surface area contributed by atoms with E-state index in [-0.39, 0.29) is 5.75 Å². The quantitative estimate of drug-likeness (QED) is 0.885. The van der Waals surface area contributed by atoms with Gasteiger partial charge in [-0.05, 0) is 48.9 Å². The zero-order valence-electron chi connectivity index (χ0n) is 11.5. The fraction of sp³-hybridized carbons (Fsp3) is 0.250. The molecule has 0 amide bonds. The van der Waals surface area contributed by atoms with E-state index in [0.717, 1.165) is 24.7 Å². The van der Waals surface area contributed by atoms with Crippen LogP contribution in [0.1, 0.15) is 18.1 Å². The predicted molar refractivity (Wildman–Crippen MR) is 75.0 cm³/mol. The molecule has 0 saturated carbocycles. The Balaban J connectivity index is 2.15. The van der Waals surface area contributed by atoms with Gasteiger partial charge < -0.3 is 10.1 Å². The predicted octanol–water partition coefficient (Wildman–Crippen LogP) is 4.18. The van der Waals surface area contributed by atoms with Crippen LogP contribution in [0.15, 0.2) is 36.4 Å². The molecule has 0 unspecified atom stereocenters. The first-order valence-corrected chi connectivity index (χ1v) is 6.53. The van der Waals surface area contributed by atoms with Crippen LogP contribution in [0.4, 0.5) is 8.78 Å². The Morgan fingerprint density at radius 1 is 1.10 bits per heavy atom. The van der Waals surface area contributed by atoms with Crippen LogP contribution in [0.5, 0.6) is 11.5 Å². The van der Waals surface area contributed by atoms with Crippen molar-refractivity contribution < 1.29 is 13.5 Å². The number of halogens is 2. The van der Waals surface area contributed by atoms with E-state index in [1.54, 1.807) is 6.07 Å². The Kier molecular flexibility index (Phi) is 4.69. The molecule has 106 valence electrons. The first-order chi connectivity index (χ1) is 9.60. The van der Waals surface area contributed by atoms with Gasteiger partial charge in [0, 0.05) is 12.6 Å². The second-order valence-electron chi connectivity index (χ2n) is 4.55. The van der Waals surface area contributed by atoms with Crippen molar-refractivity contribution in [3.8, 4) is 11.5 Å². The maximum atomic E-state index is 13.5. The highest BCUT2D eigenvalue weighted by atomic mass is 19.1. The summed E-state index contributed by atoms with van der Waals surface area (Å²) in [4.78, 5) is 0. The van der Waals surface area contributed by atoms with Gasteiger partial charge in [0.05, 0.1) is 0 Å². The summed E-state index contributed by atoms with van der Waals surface area (Å²) in [5, 5.41) is 3.25. The maximum Gasteiger partial charge on any atom is 0.168 e. The van der Waals surface area contributed by atoms with Crippen molar-refractivity contribution in [1.82, 2.24) is 5.32 Å². The smallest absolute Gasteiger partial charge is 0.168 e. The number of benzene rings is 2. The molecule has 0 bridgehead atoms. The molecule has 2 aromatic rings. The van der Waals surface area contributed by atoms with E-state index in [0.29, 0.717) is 5.75 Å². The SMILES string of the molecule is CCNCc1ccc(Oc2ccc(F)cc2F)cc1C. The van der Waals surface area contributed by atoms with Crippen molar-refractivity contribution in [1.29, 1.82) is 0 Å². The van der Waals surface area contributed by atoms with E-state index in [1.807, 2.05) is 26.0 Å². The molecule has 2 rings (SSSR count). The minimum absolute atomic E-state index is 0.0187. The van der Waals surface area contributed by atoms with Crippen molar-refractivity contribution in [3.05, 3.63) is 59.2 Å². The lowest BCUT2D eigenvalue weighted by molar-refractivity contribution is 0.437. The zero-order valence-corrected chi connectivity index (χ0v) is 11.5. The van der Waals surface area contributed by atoms with Crippen LogP contribution in [0.25, 0.3) is 0 Å². The minimum Gasteiger partial charge on any atom is -0.454 e. The van der Waals surface area contributed by atoms with Gasteiger partial charge in [-0.3, -0.25) is 0 Å². The fourth-order valence-corrected chi connectivity index (χ4v) is 1.87. The zero-order chi connectivity index (χ0) is 14.5. The van der Waals surface area contributed by atoms with Gasteiger partial charge in [-0.25, -0.2) is 8.78 Å². The summed E-state index contributed by atoms with van der Waals surface area (Å²) in [5.41, 5.74) is 2.23. The molecule has 0 atom stereocenters. The third kappa shape index (κ3) is 3.54. The van der Waals surface area contributed by atoms with Gasteiger partial charge in [-0.1, -0.05) is 13.0 Å². The van der Waals surface area contributed by atoms with Crippen LogP contribution in [0, 0.1) is 18.6 Å². The molecular weight excluding hydrogens is 260 g/mol. The summed E-state index contributed by atoms with van der Waals surface area (Å²) in [6.45, 7) is 5.71. The molecule has 0 radical (unpaired) electrons. The largest absolute Gasteiger partial charge is 0.454 e. The van der Waals surface area contributed by atoms with Crippen molar-refractivity contribution in [2.75, 3.05) is 6.54 Å². The first-order valence-electron chi connectivity index (χ1n) is 6.53. The van der Waals surface area contributed by atoms with Crippen LogP contribution in [0.2, 0.25) is 0 Å². The van der Waals surface area contributed by atoms with Gasteiger partial charge >= 0.3 is 0 Å². The third-order valence-corrected chi connectivity index (χ3v) is 3.00. The molecule has 0 aliphatic carbocycles. The number of rotatable bonds is 5. The highest BCUT2D eigenvalue weighted by molar-refractivity contribution is 5.38. The lowest BCUT2D eigenvalue weighted by atomic mass is 10.1. The highest BCUT2D eigenvalue weighted by Crippen LogP contribution is 2.26. The van der Waals surface area contributed by atoms with E-state index in [9.17, 15) is 8.78 Å². The Morgan fingerprint density at radius 2 is 1.90 bits per heavy atom. The molecule has 2 nitrogen and oxygen atoms in total. The molecule has 2 aromatic carbocycles.